The predicted octanol–water partition coefficient (Wildman–Crippen LogP) is 2.59. The zero-order valence-corrected chi connectivity index (χ0v) is 15.8. The third kappa shape index (κ3) is 4.04. The van der Waals surface area contributed by atoms with Crippen LogP contribution in [-0.2, 0) is 16.0 Å². The van der Waals surface area contributed by atoms with Gasteiger partial charge in [0.1, 0.15) is 5.70 Å². The molecule has 0 bridgehead atoms. The van der Waals surface area contributed by atoms with E-state index < -0.39 is 0 Å². The lowest BCUT2D eigenvalue weighted by Gasteiger charge is -2.20. The van der Waals surface area contributed by atoms with Crippen LogP contribution in [0.3, 0.4) is 0 Å². The highest BCUT2D eigenvalue weighted by Crippen LogP contribution is 2.31. The summed E-state index contributed by atoms with van der Waals surface area (Å²) in [4.78, 5) is 29.0. The van der Waals surface area contributed by atoms with Crippen molar-refractivity contribution in [3.8, 4) is 0 Å². The number of nitrogens with zero attached hydrogens (tertiary/aromatic N) is 2. The molecule has 0 radical (unpaired) electrons. The van der Waals surface area contributed by atoms with Gasteiger partial charge in [0, 0.05) is 25.2 Å². The van der Waals surface area contributed by atoms with Crippen molar-refractivity contribution in [3.05, 3.63) is 76.4 Å². The summed E-state index contributed by atoms with van der Waals surface area (Å²) in [5.41, 5.74) is 2.41. The molecule has 6 heteroatoms. The molecule has 0 saturated heterocycles. The SMILES string of the molecule is CN(CCO)C1=C(c2ccccc2)C(=O)N(CCc2ccc(Cl)cc2)C1=O. The molecule has 1 heterocycles. The number of carbonyl (C=O) groups excluding carboxylic acids is 2. The van der Waals surface area contributed by atoms with Crippen LogP contribution in [0.5, 0.6) is 0 Å². The molecular weight excluding hydrogens is 364 g/mol. The van der Waals surface area contributed by atoms with Gasteiger partial charge in [-0.25, -0.2) is 0 Å². The van der Waals surface area contributed by atoms with Crippen molar-refractivity contribution in [3.63, 3.8) is 0 Å². The number of aliphatic hydroxyl groups is 1. The monoisotopic (exact) mass is 384 g/mol. The molecule has 0 fully saturated rings. The molecule has 0 spiro atoms. The van der Waals surface area contributed by atoms with E-state index in [-0.39, 0.29) is 31.5 Å². The Labute approximate surface area is 163 Å². The molecule has 0 atom stereocenters. The van der Waals surface area contributed by atoms with Crippen LogP contribution in [0.4, 0.5) is 0 Å². The van der Waals surface area contributed by atoms with Gasteiger partial charge in [-0.1, -0.05) is 54.1 Å². The van der Waals surface area contributed by atoms with Gasteiger partial charge in [0.15, 0.2) is 0 Å². The fraction of sp³-hybridized carbons (Fsp3) is 0.238. The van der Waals surface area contributed by atoms with E-state index in [9.17, 15) is 14.7 Å². The molecule has 3 rings (SSSR count). The molecule has 1 aliphatic rings. The largest absolute Gasteiger partial charge is 0.395 e. The number of amides is 2. The Balaban J connectivity index is 1.88. The van der Waals surface area contributed by atoms with Crippen molar-refractivity contribution in [2.45, 2.75) is 6.42 Å². The van der Waals surface area contributed by atoms with Gasteiger partial charge >= 0.3 is 0 Å². The molecule has 0 saturated carbocycles. The van der Waals surface area contributed by atoms with Crippen LogP contribution in [-0.4, -0.2) is 53.5 Å². The first kappa shape index (κ1) is 19.1. The van der Waals surface area contributed by atoms with E-state index in [1.54, 1.807) is 24.1 Å². The number of carbonyl (C=O) groups is 2. The van der Waals surface area contributed by atoms with Crippen LogP contribution in [0.1, 0.15) is 11.1 Å². The smallest absolute Gasteiger partial charge is 0.277 e. The van der Waals surface area contributed by atoms with E-state index in [2.05, 4.69) is 0 Å². The highest BCUT2D eigenvalue weighted by atomic mass is 35.5. The average Bonchev–Trinajstić information content (AvgIpc) is 2.92. The molecule has 5 nitrogen and oxygen atoms in total. The number of benzene rings is 2. The minimum absolute atomic E-state index is 0.103. The van der Waals surface area contributed by atoms with E-state index in [0.29, 0.717) is 28.3 Å². The topological polar surface area (TPSA) is 60.9 Å². The number of hydrogen-bond donors (Lipinski definition) is 1. The second-order valence-corrected chi connectivity index (χ2v) is 6.81. The van der Waals surface area contributed by atoms with Crippen molar-refractivity contribution in [2.24, 2.45) is 0 Å². The van der Waals surface area contributed by atoms with Crippen LogP contribution < -0.4 is 0 Å². The minimum Gasteiger partial charge on any atom is -0.395 e. The van der Waals surface area contributed by atoms with E-state index in [4.69, 9.17) is 11.6 Å². The van der Waals surface area contributed by atoms with Crippen molar-refractivity contribution in [2.75, 3.05) is 26.7 Å². The first-order valence-corrected chi connectivity index (χ1v) is 9.13. The fourth-order valence-corrected chi connectivity index (χ4v) is 3.27. The molecule has 0 aliphatic carbocycles. The molecule has 140 valence electrons. The molecule has 2 aromatic rings. The lowest BCUT2D eigenvalue weighted by molar-refractivity contribution is -0.137. The maximum absolute atomic E-state index is 13.0. The molecule has 0 unspecified atom stereocenters. The van der Waals surface area contributed by atoms with Crippen molar-refractivity contribution >= 4 is 29.0 Å². The third-order valence-corrected chi connectivity index (χ3v) is 4.81. The fourth-order valence-electron chi connectivity index (χ4n) is 3.14. The highest BCUT2D eigenvalue weighted by molar-refractivity contribution is 6.35. The zero-order chi connectivity index (χ0) is 19.4. The molecule has 2 amide bonds. The summed E-state index contributed by atoms with van der Waals surface area (Å²) in [5, 5.41) is 9.91. The van der Waals surface area contributed by atoms with Gasteiger partial charge in [0.25, 0.3) is 11.8 Å². The molecular formula is C21H21ClN2O3. The quantitative estimate of drug-likeness (QED) is 0.745. The van der Waals surface area contributed by atoms with Crippen LogP contribution in [0.25, 0.3) is 5.57 Å². The second kappa shape index (κ2) is 8.37. The van der Waals surface area contributed by atoms with Crippen LogP contribution in [0, 0.1) is 0 Å². The highest BCUT2D eigenvalue weighted by Gasteiger charge is 2.40. The van der Waals surface area contributed by atoms with E-state index >= 15 is 0 Å². The third-order valence-electron chi connectivity index (χ3n) is 4.56. The molecule has 0 aromatic heterocycles. The maximum atomic E-state index is 13.0. The van der Waals surface area contributed by atoms with Gasteiger partial charge < -0.3 is 10.0 Å². The summed E-state index contributed by atoms with van der Waals surface area (Å²) in [5.74, 6) is -0.635. The Morgan fingerprint density at radius 1 is 1.00 bits per heavy atom. The summed E-state index contributed by atoms with van der Waals surface area (Å²) < 4.78 is 0. The van der Waals surface area contributed by atoms with Gasteiger partial charge in [-0.3, -0.25) is 14.5 Å². The minimum atomic E-state index is -0.330. The number of likely N-dealkylation sites (N-methyl/N-ethyl adjacent to an activating group) is 1. The van der Waals surface area contributed by atoms with Crippen LogP contribution in [0.2, 0.25) is 5.02 Å². The average molecular weight is 385 g/mol. The number of halogens is 1. The number of hydrogen-bond acceptors (Lipinski definition) is 4. The Kier molecular flexibility index (Phi) is 5.94. The number of rotatable bonds is 7. The Morgan fingerprint density at radius 3 is 2.30 bits per heavy atom. The summed E-state index contributed by atoms with van der Waals surface area (Å²) in [7, 11) is 1.71. The van der Waals surface area contributed by atoms with Crippen LogP contribution >= 0.6 is 11.6 Å². The van der Waals surface area contributed by atoms with E-state index in [0.717, 1.165) is 5.56 Å². The number of aliphatic hydroxyl groups excluding tert-OH is 1. The maximum Gasteiger partial charge on any atom is 0.277 e. The summed E-state index contributed by atoms with van der Waals surface area (Å²) in [6.45, 7) is 0.454. The van der Waals surface area contributed by atoms with E-state index in [1.165, 1.54) is 4.90 Å². The molecule has 1 aliphatic heterocycles. The van der Waals surface area contributed by atoms with Crippen molar-refractivity contribution < 1.29 is 14.7 Å². The first-order chi connectivity index (χ1) is 13.0. The Bertz CT molecular complexity index is 863. The zero-order valence-electron chi connectivity index (χ0n) is 15.1. The van der Waals surface area contributed by atoms with Gasteiger partial charge in [0.2, 0.25) is 0 Å². The van der Waals surface area contributed by atoms with Crippen molar-refractivity contribution in [1.29, 1.82) is 0 Å². The predicted molar refractivity (Wildman–Crippen MR) is 105 cm³/mol. The second-order valence-electron chi connectivity index (χ2n) is 6.37. The first-order valence-electron chi connectivity index (χ1n) is 8.75. The lowest BCUT2D eigenvalue weighted by Crippen LogP contribution is -2.36. The van der Waals surface area contributed by atoms with Crippen LogP contribution in [0.15, 0.2) is 60.3 Å². The van der Waals surface area contributed by atoms with Crippen molar-refractivity contribution in [1.82, 2.24) is 9.80 Å². The van der Waals surface area contributed by atoms with Gasteiger partial charge in [0.05, 0.1) is 12.2 Å². The van der Waals surface area contributed by atoms with E-state index in [1.807, 2.05) is 42.5 Å². The normalized spacial score (nSPS) is 14.3. The summed E-state index contributed by atoms with van der Waals surface area (Å²) >= 11 is 5.90. The Morgan fingerprint density at radius 2 is 1.67 bits per heavy atom. The van der Waals surface area contributed by atoms with Gasteiger partial charge in [-0.05, 0) is 29.7 Å². The molecule has 2 aromatic carbocycles. The molecule has 1 N–H and O–H groups in total. The number of imide groups is 1. The Hall–Kier alpha value is -2.63. The van der Waals surface area contributed by atoms with Gasteiger partial charge in [-0.2, -0.15) is 0 Å². The standard InChI is InChI=1S/C21H21ClN2O3/c1-23(13-14-25)19-18(16-5-3-2-4-6-16)20(26)24(21(19)27)12-11-15-7-9-17(22)10-8-15/h2-10,25H,11-14H2,1H3. The molecule has 27 heavy (non-hydrogen) atoms. The van der Waals surface area contributed by atoms with Gasteiger partial charge in [-0.15, -0.1) is 0 Å². The summed E-state index contributed by atoms with van der Waals surface area (Å²) in [6.07, 6.45) is 0.549. The lowest BCUT2D eigenvalue weighted by atomic mass is 10.0. The summed E-state index contributed by atoms with van der Waals surface area (Å²) in [6, 6.07) is 16.5.